The van der Waals surface area contributed by atoms with Crippen LogP contribution in [0.5, 0.6) is 11.5 Å². The van der Waals surface area contributed by atoms with E-state index in [1.165, 1.54) is 0 Å². The van der Waals surface area contributed by atoms with Crippen LogP contribution in [-0.4, -0.2) is 37.1 Å². The van der Waals surface area contributed by atoms with E-state index in [-0.39, 0.29) is 18.4 Å². The second-order valence-corrected chi connectivity index (χ2v) is 7.18. The van der Waals surface area contributed by atoms with Gasteiger partial charge in [-0.1, -0.05) is 12.1 Å². The summed E-state index contributed by atoms with van der Waals surface area (Å²) in [4.78, 5) is 36.7. The third-order valence-electron chi connectivity index (χ3n) is 4.87. The van der Waals surface area contributed by atoms with E-state index in [1.807, 2.05) is 6.07 Å². The number of esters is 1. The van der Waals surface area contributed by atoms with Gasteiger partial charge in [0.05, 0.1) is 12.2 Å². The molecule has 0 radical (unpaired) electrons. The van der Waals surface area contributed by atoms with Crippen molar-refractivity contribution in [2.75, 3.05) is 23.8 Å². The van der Waals surface area contributed by atoms with Crippen molar-refractivity contribution in [1.82, 2.24) is 0 Å². The summed E-state index contributed by atoms with van der Waals surface area (Å²) in [5.74, 6) is 0.0434. The van der Waals surface area contributed by atoms with Crippen molar-refractivity contribution in [1.29, 1.82) is 0 Å². The molecule has 0 saturated heterocycles. The Kier molecular flexibility index (Phi) is 6.54. The highest BCUT2D eigenvalue weighted by Crippen LogP contribution is 2.31. The van der Waals surface area contributed by atoms with E-state index in [9.17, 15) is 14.4 Å². The van der Waals surface area contributed by atoms with Crippen LogP contribution in [0, 0.1) is 0 Å². The molecule has 0 aromatic heterocycles. The molecule has 0 aliphatic carbocycles. The van der Waals surface area contributed by atoms with E-state index in [2.05, 4.69) is 10.6 Å². The maximum absolute atomic E-state index is 12.5. The third kappa shape index (κ3) is 5.30. The number of fused-ring (bicyclic) bond motifs is 1. The van der Waals surface area contributed by atoms with Gasteiger partial charge in [0.15, 0.2) is 11.5 Å². The summed E-state index contributed by atoms with van der Waals surface area (Å²) in [7, 11) is 0. The summed E-state index contributed by atoms with van der Waals surface area (Å²) in [6.07, 6.45) is -0.777. The number of carbonyl (C=O) groups is 3. The number of para-hydroxylation sites is 2. The largest absolute Gasteiger partial charge is 0.485 e. The number of amides is 2. The third-order valence-corrected chi connectivity index (χ3v) is 4.87. The van der Waals surface area contributed by atoms with Gasteiger partial charge in [-0.25, -0.2) is 4.79 Å². The lowest BCUT2D eigenvalue weighted by molar-refractivity contribution is -0.125. The zero-order chi connectivity index (χ0) is 23.2. The van der Waals surface area contributed by atoms with Crippen molar-refractivity contribution < 1.29 is 28.6 Å². The first-order valence-corrected chi connectivity index (χ1v) is 10.4. The number of nitrogens with one attached hydrogen (secondary N) is 2. The molecule has 3 aromatic carbocycles. The molecule has 1 aliphatic rings. The first-order valence-electron chi connectivity index (χ1n) is 10.4. The quantitative estimate of drug-likeness (QED) is 0.557. The SMILES string of the molecule is CCOC(=O)c1ccc(NC(=O)c2ccc(NC(=O)[C@H]3COc4ccccc4O3)cc2)cc1. The lowest BCUT2D eigenvalue weighted by Crippen LogP contribution is -2.40. The van der Waals surface area contributed by atoms with Gasteiger partial charge in [-0.2, -0.15) is 0 Å². The van der Waals surface area contributed by atoms with Crippen LogP contribution >= 0.6 is 0 Å². The molecular formula is C25H22N2O6. The van der Waals surface area contributed by atoms with E-state index >= 15 is 0 Å². The molecule has 1 heterocycles. The van der Waals surface area contributed by atoms with Crippen LogP contribution in [0.4, 0.5) is 11.4 Å². The summed E-state index contributed by atoms with van der Waals surface area (Å²) in [6.45, 7) is 2.14. The van der Waals surface area contributed by atoms with Crippen molar-refractivity contribution in [2.24, 2.45) is 0 Å². The summed E-state index contributed by atoms with van der Waals surface area (Å²) in [5, 5.41) is 5.53. The molecule has 0 unspecified atom stereocenters. The maximum Gasteiger partial charge on any atom is 0.338 e. The molecule has 168 valence electrons. The molecule has 0 fully saturated rings. The smallest absolute Gasteiger partial charge is 0.338 e. The Morgan fingerprint density at radius 3 is 2.12 bits per heavy atom. The van der Waals surface area contributed by atoms with Crippen LogP contribution in [-0.2, 0) is 9.53 Å². The van der Waals surface area contributed by atoms with E-state index in [1.54, 1.807) is 73.7 Å². The highest BCUT2D eigenvalue weighted by atomic mass is 16.6. The minimum Gasteiger partial charge on any atom is -0.485 e. The van der Waals surface area contributed by atoms with Gasteiger partial charge in [0.1, 0.15) is 6.61 Å². The fourth-order valence-corrected chi connectivity index (χ4v) is 3.18. The number of carbonyl (C=O) groups excluding carboxylic acids is 3. The van der Waals surface area contributed by atoms with E-state index in [0.29, 0.717) is 40.6 Å². The Morgan fingerprint density at radius 1 is 0.848 bits per heavy atom. The Labute approximate surface area is 190 Å². The van der Waals surface area contributed by atoms with Crippen molar-refractivity contribution in [2.45, 2.75) is 13.0 Å². The van der Waals surface area contributed by atoms with Gasteiger partial charge in [-0.05, 0) is 67.6 Å². The average Bonchev–Trinajstić information content (AvgIpc) is 2.84. The second-order valence-electron chi connectivity index (χ2n) is 7.18. The van der Waals surface area contributed by atoms with E-state index in [4.69, 9.17) is 14.2 Å². The standard InChI is InChI=1S/C25H22N2O6/c1-2-31-25(30)17-9-13-18(14-10-17)26-23(28)16-7-11-19(12-8-16)27-24(29)22-15-32-20-5-3-4-6-21(20)33-22/h3-14,22H,2,15H2,1H3,(H,26,28)(H,27,29)/t22-/m1/s1. The fraction of sp³-hybridized carbons (Fsp3) is 0.160. The van der Waals surface area contributed by atoms with Crippen LogP contribution in [0.15, 0.2) is 72.8 Å². The highest BCUT2D eigenvalue weighted by Gasteiger charge is 2.27. The number of rotatable bonds is 6. The molecule has 8 heteroatoms. The molecule has 1 aliphatic heterocycles. The van der Waals surface area contributed by atoms with Gasteiger partial charge in [0.25, 0.3) is 11.8 Å². The molecule has 3 aromatic rings. The first kappa shape index (κ1) is 21.9. The maximum atomic E-state index is 12.5. The Morgan fingerprint density at radius 2 is 1.45 bits per heavy atom. The van der Waals surface area contributed by atoms with Gasteiger partial charge in [-0.3, -0.25) is 9.59 Å². The average molecular weight is 446 g/mol. The van der Waals surface area contributed by atoms with Gasteiger partial charge in [0, 0.05) is 16.9 Å². The molecule has 0 saturated carbocycles. The van der Waals surface area contributed by atoms with Gasteiger partial charge >= 0.3 is 5.97 Å². The van der Waals surface area contributed by atoms with Crippen LogP contribution in [0.2, 0.25) is 0 Å². The topological polar surface area (TPSA) is 103 Å². The molecule has 33 heavy (non-hydrogen) atoms. The molecule has 2 N–H and O–H groups in total. The Balaban J connectivity index is 1.33. The summed E-state index contributed by atoms with van der Waals surface area (Å²) in [6, 6.07) is 20.1. The molecule has 4 rings (SSSR count). The van der Waals surface area contributed by atoms with Crippen molar-refractivity contribution in [3.8, 4) is 11.5 Å². The summed E-state index contributed by atoms with van der Waals surface area (Å²) >= 11 is 0. The van der Waals surface area contributed by atoms with Crippen LogP contribution < -0.4 is 20.1 Å². The summed E-state index contributed by atoms with van der Waals surface area (Å²) < 4.78 is 16.2. The molecule has 0 spiro atoms. The predicted octanol–water partition coefficient (Wildman–Crippen LogP) is 3.89. The Bertz CT molecular complexity index is 1160. The molecule has 0 bridgehead atoms. The normalized spacial score (nSPS) is 14.2. The summed E-state index contributed by atoms with van der Waals surface area (Å²) in [5.41, 5.74) is 1.89. The zero-order valence-electron chi connectivity index (χ0n) is 17.9. The van der Waals surface area contributed by atoms with Gasteiger partial charge in [-0.15, -0.1) is 0 Å². The predicted molar refractivity (Wildman–Crippen MR) is 122 cm³/mol. The minimum atomic E-state index is -0.777. The van der Waals surface area contributed by atoms with E-state index < -0.39 is 12.1 Å². The number of anilines is 2. The van der Waals surface area contributed by atoms with Crippen molar-refractivity contribution in [3.63, 3.8) is 0 Å². The van der Waals surface area contributed by atoms with Crippen LogP contribution in [0.1, 0.15) is 27.6 Å². The number of hydrogen-bond acceptors (Lipinski definition) is 6. The van der Waals surface area contributed by atoms with Gasteiger partial charge in [0.2, 0.25) is 6.10 Å². The van der Waals surface area contributed by atoms with E-state index in [0.717, 1.165) is 0 Å². The fourth-order valence-electron chi connectivity index (χ4n) is 3.18. The number of benzene rings is 3. The number of ether oxygens (including phenoxy) is 3. The minimum absolute atomic E-state index is 0.109. The molecular weight excluding hydrogens is 424 g/mol. The molecule has 1 atom stereocenters. The lowest BCUT2D eigenvalue weighted by Gasteiger charge is -2.25. The monoisotopic (exact) mass is 446 g/mol. The van der Waals surface area contributed by atoms with Crippen molar-refractivity contribution >= 4 is 29.2 Å². The first-order chi connectivity index (χ1) is 16.0. The van der Waals surface area contributed by atoms with Crippen LogP contribution in [0.3, 0.4) is 0 Å². The number of hydrogen-bond donors (Lipinski definition) is 2. The Hall–Kier alpha value is -4.33. The second kappa shape index (κ2) is 9.86. The van der Waals surface area contributed by atoms with Crippen LogP contribution in [0.25, 0.3) is 0 Å². The lowest BCUT2D eigenvalue weighted by atomic mass is 10.1. The zero-order valence-corrected chi connectivity index (χ0v) is 17.9. The highest BCUT2D eigenvalue weighted by molar-refractivity contribution is 6.05. The molecule has 8 nitrogen and oxygen atoms in total. The van der Waals surface area contributed by atoms with Crippen molar-refractivity contribution in [3.05, 3.63) is 83.9 Å². The van der Waals surface area contributed by atoms with Gasteiger partial charge < -0.3 is 24.8 Å². The molecule has 2 amide bonds.